The quantitative estimate of drug-likeness (QED) is 0.747. The molecule has 1 atom stereocenters. The molecule has 7 nitrogen and oxygen atoms in total. The zero-order valence-corrected chi connectivity index (χ0v) is 16.5. The van der Waals surface area contributed by atoms with E-state index in [0.29, 0.717) is 17.3 Å². The molecule has 0 radical (unpaired) electrons. The van der Waals surface area contributed by atoms with Gasteiger partial charge in [0, 0.05) is 31.4 Å². The third-order valence-electron chi connectivity index (χ3n) is 4.77. The summed E-state index contributed by atoms with van der Waals surface area (Å²) in [6.07, 6.45) is 9.43. The average Bonchev–Trinajstić information content (AvgIpc) is 3.06. The molecule has 3 heterocycles. The zero-order valence-electron chi connectivity index (χ0n) is 15.7. The van der Waals surface area contributed by atoms with Crippen molar-refractivity contribution in [3.05, 3.63) is 29.0 Å². The molecule has 0 aromatic carbocycles. The Balaban J connectivity index is 1.85. The highest BCUT2D eigenvalue weighted by molar-refractivity contribution is 7.19. The van der Waals surface area contributed by atoms with Crippen LogP contribution in [0.4, 0.5) is 5.82 Å². The molecule has 8 heteroatoms. The van der Waals surface area contributed by atoms with Crippen molar-refractivity contribution in [3.8, 4) is 11.5 Å². The highest BCUT2D eigenvalue weighted by Crippen LogP contribution is 2.39. The number of rotatable bonds is 4. The number of thiophene rings is 1. The van der Waals surface area contributed by atoms with Gasteiger partial charge in [-0.3, -0.25) is 9.78 Å². The number of amides is 1. The standard InChI is InChI=1S/C19H22N6OS/c1-11(19(26)25(2)3)22-17-15-12-6-4-5-7-14(12)27-18(15)24-16(23-17)13-10-20-8-9-21-13/h8-11H,4-7H2,1-3H3,(H,22,23,24)/t11-/m0/s1. The van der Waals surface area contributed by atoms with Gasteiger partial charge in [0.15, 0.2) is 5.82 Å². The number of nitrogens with zero attached hydrogens (tertiary/aromatic N) is 5. The third kappa shape index (κ3) is 3.37. The number of nitrogens with one attached hydrogen (secondary N) is 1. The molecule has 1 amide bonds. The van der Waals surface area contributed by atoms with Crippen molar-refractivity contribution in [1.29, 1.82) is 0 Å². The number of anilines is 1. The van der Waals surface area contributed by atoms with Crippen LogP contribution in [0.2, 0.25) is 0 Å². The fourth-order valence-electron chi connectivity index (χ4n) is 3.45. The second-order valence-electron chi connectivity index (χ2n) is 6.98. The monoisotopic (exact) mass is 382 g/mol. The summed E-state index contributed by atoms with van der Waals surface area (Å²) in [4.78, 5) is 34.3. The molecule has 0 saturated carbocycles. The predicted octanol–water partition coefficient (Wildman–Crippen LogP) is 2.92. The summed E-state index contributed by atoms with van der Waals surface area (Å²) in [6, 6.07) is -0.382. The molecule has 0 fully saturated rings. The normalized spacial score (nSPS) is 14.6. The molecule has 0 bridgehead atoms. The van der Waals surface area contributed by atoms with Gasteiger partial charge in [0.25, 0.3) is 0 Å². The van der Waals surface area contributed by atoms with Crippen LogP contribution in [0, 0.1) is 0 Å². The Bertz CT molecular complexity index is 985. The molecule has 4 rings (SSSR count). The van der Waals surface area contributed by atoms with Gasteiger partial charge < -0.3 is 10.2 Å². The van der Waals surface area contributed by atoms with Crippen molar-refractivity contribution >= 4 is 33.3 Å². The van der Waals surface area contributed by atoms with Gasteiger partial charge in [0.1, 0.15) is 22.4 Å². The molecule has 1 N–H and O–H groups in total. The number of hydrogen-bond acceptors (Lipinski definition) is 7. The summed E-state index contributed by atoms with van der Waals surface area (Å²) in [7, 11) is 3.51. The van der Waals surface area contributed by atoms with E-state index in [9.17, 15) is 4.79 Å². The highest BCUT2D eigenvalue weighted by atomic mass is 32.1. The Labute approximate surface area is 161 Å². The first-order valence-corrected chi connectivity index (χ1v) is 9.92. The summed E-state index contributed by atoms with van der Waals surface area (Å²) in [5.41, 5.74) is 1.96. The van der Waals surface area contributed by atoms with Crippen LogP contribution in [0.15, 0.2) is 18.6 Å². The van der Waals surface area contributed by atoms with Gasteiger partial charge >= 0.3 is 0 Å². The van der Waals surface area contributed by atoms with Crippen molar-refractivity contribution in [2.24, 2.45) is 0 Å². The minimum absolute atomic E-state index is 0.00640. The van der Waals surface area contributed by atoms with E-state index in [2.05, 4.69) is 15.3 Å². The number of carbonyl (C=O) groups is 1. The number of aryl methyl sites for hydroxylation is 2. The van der Waals surface area contributed by atoms with Crippen molar-refractivity contribution in [3.63, 3.8) is 0 Å². The van der Waals surface area contributed by atoms with Crippen LogP contribution in [0.1, 0.15) is 30.2 Å². The third-order valence-corrected chi connectivity index (χ3v) is 5.96. The molecule has 0 spiro atoms. The minimum Gasteiger partial charge on any atom is -0.358 e. The summed E-state index contributed by atoms with van der Waals surface area (Å²) < 4.78 is 0. The number of likely N-dealkylation sites (N-methyl/N-ethyl adjacent to an activating group) is 1. The maximum atomic E-state index is 12.4. The first kappa shape index (κ1) is 17.8. The first-order chi connectivity index (χ1) is 13.0. The molecular formula is C19H22N6OS. The van der Waals surface area contributed by atoms with E-state index in [-0.39, 0.29) is 11.9 Å². The molecular weight excluding hydrogens is 360 g/mol. The van der Waals surface area contributed by atoms with Gasteiger partial charge in [0.2, 0.25) is 5.91 Å². The molecule has 0 saturated heterocycles. The van der Waals surface area contributed by atoms with Crippen molar-refractivity contribution in [2.45, 2.75) is 38.6 Å². The maximum Gasteiger partial charge on any atom is 0.244 e. The number of fused-ring (bicyclic) bond motifs is 3. The molecule has 140 valence electrons. The van der Waals surface area contributed by atoms with Crippen molar-refractivity contribution < 1.29 is 4.79 Å². The molecule has 1 aliphatic rings. The van der Waals surface area contributed by atoms with E-state index < -0.39 is 0 Å². The second-order valence-corrected chi connectivity index (χ2v) is 8.06. The lowest BCUT2D eigenvalue weighted by Gasteiger charge is -2.20. The van der Waals surface area contributed by atoms with Crippen LogP contribution in [0.3, 0.4) is 0 Å². The van der Waals surface area contributed by atoms with E-state index in [0.717, 1.165) is 23.1 Å². The lowest BCUT2D eigenvalue weighted by atomic mass is 9.97. The van der Waals surface area contributed by atoms with Gasteiger partial charge in [-0.2, -0.15) is 0 Å². The topological polar surface area (TPSA) is 83.9 Å². The summed E-state index contributed by atoms with van der Waals surface area (Å²) in [6.45, 7) is 1.86. The predicted molar refractivity (Wildman–Crippen MR) is 107 cm³/mol. The molecule has 1 aliphatic carbocycles. The van der Waals surface area contributed by atoms with Gasteiger partial charge in [0.05, 0.1) is 11.6 Å². The van der Waals surface area contributed by atoms with E-state index >= 15 is 0 Å². The van der Waals surface area contributed by atoms with Crippen LogP contribution >= 0.6 is 11.3 Å². The molecule has 0 unspecified atom stereocenters. The highest BCUT2D eigenvalue weighted by Gasteiger charge is 2.24. The lowest BCUT2D eigenvalue weighted by molar-refractivity contribution is -0.129. The van der Waals surface area contributed by atoms with Crippen molar-refractivity contribution in [2.75, 3.05) is 19.4 Å². The van der Waals surface area contributed by atoms with E-state index in [1.807, 2.05) is 6.92 Å². The Hall–Kier alpha value is -2.61. The smallest absolute Gasteiger partial charge is 0.244 e. The minimum atomic E-state index is -0.382. The largest absolute Gasteiger partial charge is 0.358 e. The van der Waals surface area contributed by atoms with Gasteiger partial charge in [-0.1, -0.05) is 0 Å². The van der Waals surface area contributed by atoms with Crippen LogP contribution < -0.4 is 5.32 Å². The fourth-order valence-corrected chi connectivity index (χ4v) is 4.71. The first-order valence-electron chi connectivity index (χ1n) is 9.11. The lowest BCUT2D eigenvalue weighted by Crippen LogP contribution is -2.37. The van der Waals surface area contributed by atoms with Crippen LogP contribution in [-0.4, -0.2) is 50.9 Å². The Morgan fingerprint density at radius 2 is 2.04 bits per heavy atom. The molecule has 3 aromatic rings. The van der Waals surface area contributed by atoms with Crippen LogP contribution in [0.5, 0.6) is 0 Å². The molecule has 27 heavy (non-hydrogen) atoms. The van der Waals surface area contributed by atoms with Gasteiger partial charge in [-0.15, -0.1) is 11.3 Å². The van der Waals surface area contributed by atoms with Gasteiger partial charge in [-0.25, -0.2) is 15.0 Å². The zero-order chi connectivity index (χ0) is 19.0. The van der Waals surface area contributed by atoms with Crippen LogP contribution in [0.25, 0.3) is 21.7 Å². The summed E-state index contributed by atoms with van der Waals surface area (Å²) in [5, 5.41) is 4.38. The fraction of sp³-hybridized carbons (Fsp3) is 0.421. The number of carbonyl (C=O) groups excluding carboxylic acids is 1. The molecule has 3 aromatic heterocycles. The number of aromatic nitrogens is 4. The Morgan fingerprint density at radius 1 is 1.22 bits per heavy atom. The van der Waals surface area contributed by atoms with E-state index in [1.54, 1.807) is 48.9 Å². The summed E-state index contributed by atoms with van der Waals surface area (Å²) >= 11 is 1.73. The van der Waals surface area contributed by atoms with E-state index in [1.165, 1.54) is 23.3 Å². The Morgan fingerprint density at radius 3 is 2.78 bits per heavy atom. The average molecular weight is 382 g/mol. The second kappa shape index (κ2) is 7.19. The maximum absolute atomic E-state index is 12.4. The SMILES string of the molecule is C[C@H](Nc1nc(-c2cnccn2)nc2sc3c(c12)CCCC3)C(=O)N(C)C. The number of hydrogen-bond donors (Lipinski definition) is 1. The van der Waals surface area contributed by atoms with Crippen molar-refractivity contribution in [1.82, 2.24) is 24.8 Å². The van der Waals surface area contributed by atoms with E-state index in [4.69, 9.17) is 9.97 Å². The van der Waals surface area contributed by atoms with Gasteiger partial charge in [-0.05, 0) is 38.2 Å². The Kier molecular flexibility index (Phi) is 4.73. The summed E-state index contributed by atoms with van der Waals surface area (Å²) in [5.74, 6) is 1.25. The molecule has 0 aliphatic heterocycles. The van der Waals surface area contributed by atoms with Crippen LogP contribution in [-0.2, 0) is 17.6 Å².